The molecule has 1 fully saturated rings. The number of benzene rings is 1. The minimum atomic E-state index is -0.281. The predicted molar refractivity (Wildman–Crippen MR) is 89.8 cm³/mol. The van der Waals surface area contributed by atoms with Crippen molar-refractivity contribution in [2.24, 2.45) is 0 Å². The SMILES string of the molecule is O=C(Cc1c[nH]c2cc(F)ccc12)N(Cc1ccccn1)C1CC1. The Morgan fingerprint density at radius 3 is 2.92 bits per heavy atom. The Hall–Kier alpha value is -2.69. The molecule has 2 heterocycles. The smallest absolute Gasteiger partial charge is 0.227 e. The number of rotatable bonds is 5. The van der Waals surface area contributed by atoms with E-state index in [1.165, 1.54) is 12.1 Å². The molecule has 0 spiro atoms. The van der Waals surface area contributed by atoms with Gasteiger partial charge in [-0.05, 0) is 48.7 Å². The van der Waals surface area contributed by atoms with Gasteiger partial charge < -0.3 is 9.88 Å². The summed E-state index contributed by atoms with van der Waals surface area (Å²) in [6.07, 6.45) is 5.97. The van der Waals surface area contributed by atoms with Crippen LogP contribution in [0.25, 0.3) is 10.9 Å². The molecule has 1 N–H and O–H groups in total. The van der Waals surface area contributed by atoms with Gasteiger partial charge in [-0.1, -0.05) is 6.07 Å². The van der Waals surface area contributed by atoms with Crippen molar-refractivity contribution in [3.05, 3.63) is 65.9 Å². The highest BCUT2D eigenvalue weighted by Crippen LogP contribution is 2.29. The average Bonchev–Trinajstić information content (AvgIpc) is 3.36. The zero-order valence-corrected chi connectivity index (χ0v) is 13.2. The summed E-state index contributed by atoms with van der Waals surface area (Å²) in [6.45, 7) is 0.543. The number of halogens is 1. The van der Waals surface area contributed by atoms with Crippen LogP contribution in [0.15, 0.2) is 48.8 Å². The molecule has 122 valence electrons. The number of carbonyl (C=O) groups is 1. The molecule has 0 bridgehead atoms. The minimum absolute atomic E-state index is 0.0911. The fourth-order valence-corrected chi connectivity index (χ4v) is 3.04. The summed E-state index contributed by atoms with van der Waals surface area (Å²) in [5.74, 6) is -0.189. The number of fused-ring (bicyclic) bond motifs is 1. The summed E-state index contributed by atoms with van der Waals surface area (Å²) in [4.78, 5) is 22.1. The highest BCUT2D eigenvalue weighted by molar-refractivity contribution is 5.89. The predicted octanol–water partition coefficient (Wildman–Crippen LogP) is 3.44. The van der Waals surface area contributed by atoms with E-state index in [4.69, 9.17) is 0 Å². The van der Waals surface area contributed by atoms with Crippen LogP contribution in [0.5, 0.6) is 0 Å². The lowest BCUT2D eigenvalue weighted by atomic mass is 10.1. The van der Waals surface area contributed by atoms with Crippen LogP contribution in [-0.4, -0.2) is 26.8 Å². The van der Waals surface area contributed by atoms with Crippen molar-refractivity contribution >= 4 is 16.8 Å². The first-order valence-corrected chi connectivity index (χ1v) is 8.15. The molecule has 0 radical (unpaired) electrons. The largest absolute Gasteiger partial charge is 0.361 e. The Bertz CT molecular complexity index is 871. The Kier molecular flexibility index (Phi) is 3.76. The molecule has 4 nitrogen and oxygen atoms in total. The molecule has 4 rings (SSSR count). The number of aromatic amines is 1. The molecular formula is C19H18FN3O. The molecule has 2 aromatic heterocycles. The first-order valence-electron chi connectivity index (χ1n) is 8.15. The number of hydrogen-bond acceptors (Lipinski definition) is 2. The van der Waals surface area contributed by atoms with Gasteiger partial charge in [-0.15, -0.1) is 0 Å². The summed E-state index contributed by atoms with van der Waals surface area (Å²) in [6, 6.07) is 10.7. The second kappa shape index (κ2) is 6.07. The lowest BCUT2D eigenvalue weighted by molar-refractivity contribution is -0.131. The number of nitrogens with one attached hydrogen (secondary N) is 1. The maximum atomic E-state index is 13.3. The van der Waals surface area contributed by atoms with Gasteiger partial charge in [0.2, 0.25) is 5.91 Å². The lowest BCUT2D eigenvalue weighted by Crippen LogP contribution is -2.34. The standard InChI is InChI=1S/C19H18FN3O/c20-14-4-7-17-13(11-22-18(17)10-14)9-19(24)23(16-5-6-16)12-15-3-1-2-8-21-15/h1-4,7-8,10-11,16,22H,5-6,9,12H2. The average molecular weight is 323 g/mol. The van der Waals surface area contributed by atoms with Gasteiger partial charge in [-0.3, -0.25) is 9.78 Å². The molecular weight excluding hydrogens is 305 g/mol. The van der Waals surface area contributed by atoms with Crippen LogP contribution in [0.1, 0.15) is 24.1 Å². The monoisotopic (exact) mass is 323 g/mol. The van der Waals surface area contributed by atoms with Crippen molar-refractivity contribution in [1.82, 2.24) is 14.9 Å². The molecule has 1 aromatic carbocycles. The number of aromatic nitrogens is 2. The Balaban J connectivity index is 1.54. The van der Waals surface area contributed by atoms with Crippen molar-refractivity contribution in [3.63, 3.8) is 0 Å². The molecule has 0 saturated heterocycles. The molecule has 1 saturated carbocycles. The second-order valence-corrected chi connectivity index (χ2v) is 6.25. The van der Waals surface area contributed by atoms with E-state index >= 15 is 0 Å². The van der Waals surface area contributed by atoms with Crippen molar-refractivity contribution in [2.45, 2.75) is 31.8 Å². The first-order chi connectivity index (χ1) is 11.7. The molecule has 0 aliphatic heterocycles. The zero-order chi connectivity index (χ0) is 16.5. The van der Waals surface area contributed by atoms with Crippen LogP contribution in [0.4, 0.5) is 4.39 Å². The number of nitrogens with zero attached hydrogens (tertiary/aromatic N) is 2. The summed E-state index contributed by atoms with van der Waals surface area (Å²) in [7, 11) is 0. The maximum absolute atomic E-state index is 13.3. The third-order valence-electron chi connectivity index (χ3n) is 4.44. The van der Waals surface area contributed by atoms with Gasteiger partial charge >= 0.3 is 0 Å². The Morgan fingerprint density at radius 2 is 2.17 bits per heavy atom. The van der Waals surface area contributed by atoms with Crippen molar-refractivity contribution in [2.75, 3.05) is 0 Å². The van der Waals surface area contributed by atoms with Crippen molar-refractivity contribution in [3.8, 4) is 0 Å². The van der Waals surface area contributed by atoms with Gasteiger partial charge in [0.25, 0.3) is 0 Å². The topological polar surface area (TPSA) is 49.0 Å². The van der Waals surface area contributed by atoms with Crippen molar-refractivity contribution in [1.29, 1.82) is 0 Å². The number of H-pyrrole nitrogens is 1. The Morgan fingerprint density at radius 1 is 1.29 bits per heavy atom. The number of pyridine rings is 1. The van der Waals surface area contributed by atoms with E-state index in [1.54, 1.807) is 18.5 Å². The molecule has 5 heteroatoms. The summed E-state index contributed by atoms with van der Waals surface area (Å²) < 4.78 is 13.3. The molecule has 3 aromatic rings. The van der Waals surface area contributed by atoms with Gasteiger partial charge in [0, 0.05) is 29.3 Å². The first kappa shape index (κ1) is 14.9. The molecule has 24 heavy (non-hydrogen) atoms. The van der Waals surface area contributed by atoms with Crippen molar-refractivity contribution < 1.29 is 9.18 Å². The van der Waals surface area contributed by atoms with Crippen LogP contribution in [0.2, 0.25) is 0 Å². The Labute approximate surface area is 139 Å². The van der Waals surface area contributed by atoms with E-state index in [-0.39, 0.29) is 11.7 Å². The summed E-state index contributed by atoms with van der Waals surface area (Å²) >= 11 is 0. The van der Waals surface area contributed by atoms with E-state index in [9.17, 15) is 9.18 Å². The van der Waals surface area contributed by atoms with Crippen LogP contribution in [0, 0.1) is 5.82 Å². The minimum Gasteiger partial charge on any atom is -0.361 e. The third-order valence-corrected chi connectivity index (χ3v) is 4.44. The van der Waals surface area contributed by atoms with Gasteiger partial charge in [-0.25, -0.2) is 4.39 Å². The molecule has 0 atom stereocenters. The summed E-state index contributed by atoms with van der Waals surface area (Å²) in [5.41, 5.74) is 2.53. The maximum Gasteiger partial charge on any atom is 0.227 e. The van der Waals surface area contributed by atoms with Gasteiger partial charge in [0.1, 0.15) is 5.82 Å². The van der Waals surface area contributed by atoms with E-state index in [0.717, 1.165) is 35.0 Å². The fraction of sp³-hybridized carbons (Fsp3) is 0.263. The van der Waals surface area contributed by atoms with E-state index in [2.05, 4.69) is 9.97 Å². The highest BCUT2D eigenvalue weighted by Gasteiger charge is 2.32. The fourth-order valence-electron chi connectivity index (χ4n) is 3.04. The van der Waals surface area contributed by atoms with Crippen LogP contribution in [-0.2, 0) is 17.8 Å². The zero-order valence-electron chi connectivity index (χ0n) is 13.2. The van der Waals surface area contributed by atoms with Gasteiger partial charge in [0.05, 0.1) is 18.7 Å². The highest BCUT2D eigenvalue weighted by atomic mass is 19.1. The summed E-state index contributed by atoms with van der Waals surface area (Å²) in [5, 5.41) is 0.901. The second-order valence-electron chi connectivity index (χ2n) is 6.25. The van der Waals surface area contributed by atoms with Crippen LogP contribution < -0.4 is 0 Å². The molecule has 1 aliphatic carbocycles. The van der Waals surface area contributed by atoms with Crippen LogP contribution >= 0.6 is 0 Å². The number of hydrogen-bond donors (Lipinski definition) is 1. The number of carbonyl (C=O) groups excluding carboxylic acids is 1. The lowest BCUT2D eigenvalue weighted by Gasteiger charge is -2.22. The van der Waals surface area contributed by atoms with E-state index in [0.29, 0.717) is 19.0 Å². The van der Waals surface area contributed by atoms with Crippen LogP contribution in [0.3, 0.4) is 0 Å². The molecule has 0 unspecified atom stereocenters. The van der Waals surface area contributed by atoms with Gasteiger partial charge in [-0.2, -0.15) is 0 Å². The van der Waals surface area contributed by atoms with E-state index in [1.807, 2.05) is 23.1 Å². The van der Waals surface area contributed by atoms with E-state index < -0.39 is 0 Å². The molecule has 1 amide bonds. The quantitative estimate of drug-likeness (QED) is 0.782. The third kappa shape index (κ3) is 3.02. The normalized spacial score (nSPS) is 14.0. The van der Waals surface area contributed by atoms with Gasteiger partial charge in [0.15, 0.2) is 0 Å². The number of amides is 1. The molecule has 1 aliphatic rings.